The highest BCUT2D eigenvalue weighted by Crippen LogP contribution is 2.20. The molecule has 0 radical (unpaired) electrons. The summed E-state index contributed by atoms with van der Waals surface area (Å²) < 4.78 is 19.1. The highest BCUT2D eigenvalue weighted by molar-refractivity contribution is 5.80. The van der Waals surface area contributed by atoms with Crippen molar-refractivity contribution in [1.82, 2.24) is 9.78 Å². The van der Waals surface area contributed by atoms with E-state index in [1.165, 1.54) is 36.1 Å². The third kappa shape index (κ3) is 3.81. The zero-order valence-electron chi connectivity index (χ0n) is 11.8. The van der Waals surface area contributed by atoms with E-state index in [1.807, 2.05) is 0 Å². The quantitative estimate of drug-likeness (QED) is 0.770. The molecular formula is C14H15FN4O3. The maximum Gasteiger partial charge on any atom is 0.333 e. The van der Waals surface area contributed by atoms with Crippen LogP contribution in [0.2, 0.25) is 0 Å². The van der Waals surface area contributed by atoms with Crippen molar-refractivity contribution in [3.8, 4) is 0 Å². The number of rotatable bonds is 6. The summed E-state index contributed by atoms with van der Waals surface area (Å²) in [6, 6.07) is 6.19. The highest BCUT2D eigenvalue weighted by atomic mass is 19.1. The van der Waals surface area contributed by atoms with Crippen LogP contribution in [0.25, 0.3) is 0 Å². The van der Waals surface area contributed by atoms with Crippen LogP contribution in [0.5, 0.6) is 0 Å². The Kier molecular flexibility index (Phi) is 4.72. The molecule has 0 aliphatic carbocycles. The van der Waals surface area contributed by atoms with Gasteiger partial charge in [-0.25, -0.2) is 9.18 Å². The first-order chi connectivity index (χ1) is 10.5. The van der Waals surface area contributed by atoms with Crippen LogP contribution in [0.3, 0.4) is 0 Å². The number of ether oxygens (including phenoxy) is 1. The molecule has 0 aliphatic rings. The van der Waals surface area contributed by atoms with Crippen LogP contribution in [-0.4, -0.2) is 28.8 Å². The smallest absolute Gasteiger partial charge is 0.333 e. The summed E-state index contributed by atoms with van der Waals surface area (Å²) in [5.41, 5.74) is 5.61. The number of carbonyl (C=O) groups excluding carboxylic acids is 2. The molecule has 7 nitrogen and oxygen atoms in total. The minimum atomic E-state index is -0.845. The largest absolute Gasteiger partial charge is 0.467 e. The van der Waals surface area contributed by atoms with E-state index in [-0.39, 0.29) is 6.54 Å². The standard InChI is InChI=1S/C14H15FN4O3/c1-22-14(21)13(9-2-4-10(15)5-3-9)17-12-6-7-19(18-12)8-11(16)20/h2-7,13H,8H2,1H3,(H2,16,20)(H,17,18)/t13-/m1/s1. The Morgan fingerprint density at radius 3 is 2.64 bits per heavy atom. The maximum atomic E-state index is 13.0. The van der Waals surface area contributed by atoms with Gasteiger partial charge in [-0.1, -0.05) is 12.1 Å². The van der Waals surface area contributed by atoms with E-state index in [4.69, 9.17) is 10.5 Å². The molecule has 0 fully saturated rings. The normalized spacial score (nSPS) is 11.7. The number of halogens is 1. The van der Waals surface area contributed by atoms with Crippen molar-refractivity contribution in [3.63, 3.8) is 0 Å². The predicted octanol–water partition coefficient (Wildman–Crippen LogP) is 0.834. The number of nitrogens with zero attached hydrogens (tertiary/aromatic N) is 2. The second kappa shape index (κ2) is 6.70. The van der Waals surface area contributed by atoms with Crippen molar-refractivity contribution in [3.05, 3.63) is 47.9 Å². The summed E-state index contributed by atoms with van der Waals surface area (Å²) in [6.45, 7) is -0.0683. The Morgan fingerprint density at radius 1 is 1.36 bits per heavy atom. The molecule has 116 valence electrons. The van der Waals surface area contributed by atoms with Crippen molar-refractivity contribution in [2.24, 2.45) is 5.73 Å². The molecule has 0 saturated carbocycles. The van der Waals surface area contributed by atoms with E-state index in [9.17, 15) is 14.0 Å². The Bertz CT molecular complexity index is 669. The third-order valence-electron chi connectivity index (χ3n) is 2.89. The minimum Gasteiger partial charge on any atom is -0.467 e. The summed E-state index contributed by atoms with van der Waals surface area (Å²) in [6.07, 6.45) is 1.55. The summed E-state index contributed by atoms with van der Waals surface area (Å²) in [4.78, 5) is 22.7. The molecule has 2 rings (SSSR count). The molecule has 8 heteroatoms. The number of esters is 1. The van der Waals surface area contributed by atoms with Gasteiger partial charge in [0.1, 0.15) is 18.2 Å². The van der Waals surface area contributed by atoms with Crippen molar-refractivity contribution in [2.45, 2.75) is 12.6 Å². The number of anilines is 1. The van der Waals surface area contributed by atoms with E-state index in [2.05, 4.69) is 10.4 Å². The van der Waals surface area contributed by atoms with Gasteiger partial charge in [-0.2, -0.15) is 5.10 Å². The minimum absolute atomic E-state index is 0.0683. The second-order valence-corrected chi connectivity index (χ2v) is 4.52. The van der Waals surface area contributed by atoms with Gasteiger partial charge in [-0.05, 0) is 17.7 Å². The van der Waals surface area contributed by atoms with E-state index in [0.29, 0.717) is 11.4 Å². The van der Waals surface area contributed by atoms with Crippen LogP contribution in [0, 0.1) is 5.82 Å². The molecule has 3 N–H and O–H groups in total. The lowest BCUT2D eigenvalue weighted by atomic mass is 10.1. The molecule has 0 aliphatic heterocycles. The summed E-state index contributed by atoms with van der Waals surface area (Å²) in [5.74, 6) is -1.12. The van der Waals surface area contributed by atoms with Crippen molar-refractivity contribution in [2.75, 3.05) is 12.4 Å². The van der Waals surface area contributed by atoms with Gasteiger partial charge in [-0.3, -0.25) is 9.48 Å². The second-order valence-electron chi connectivity index (χ2n) is 4.52. The fraction of sp³-hybridized carbons (Fsp3) is 0.214. The number of aromatic nitrogens is 2. The highest BCUT2D eigenvalue weighted by Gasteiger charge is 2.22. The predicted molar refractivity (Wildman–Crippen MR) is 76.2 cm³/mol. The van der Waals surface area contributed by atoms with E-state index >= 15 is 0 Å². The molecule has 0 bridgehead atoms. The van der Waals surface area contributed by atoms with E-state index in [1.54, 1.807) is 12.3 Å². The Balaban J connectivity index is 2.20. The summed E-state index contributed by atoms with van der Waals surface area (Å²) in [5, 5.41) is 6.95. The Hall–Kier alpha value is -2.90. The van der Waals surface area contributed by atoms with Crippen LogP contribution in [-0.2, 0) is 20.9 Å². The van der Waals surface area contributed by atoms with Crippen molar-refractivity contribution < 1.29 is 18.7 Å². The maximum absolute atomic E-state index is 13.0. The number of hydrogen-bond acceptors (Lipinski definition) is 5. The number of primary amides is 1. The lowest BCUT2D eigenvalue weighted by Crippen LogP contribution is -2.23. The first-order valence-electron chi connectivity index (χ1n) is 6.41. The van der Waals surface area contributed by atoms with Gasteiger partial charge < -0.3 is 15.8 Å². The van der Waals surface area contributed by atoms with Crippen molar-refractivity contribution >= 4 is 17.7 Å². The molecule has 22 heavy (non-hydrogen) atoms. The number of methoxy groups -OCH3 is 1. The third-order valence-corrected chi connectivity index (χ3v) is 2.89. The molecule has 2 aromatic rings. The SMILES string of the molecule is COC(=O)[C@H](Nc1ccn(CC(N)=O)n1)c1ccc(F)cc1. The van der Waals surface area contributed by atoms with Gasteiger partial charge in [0.25, 0.3) is 0 Å². The van der Waals surface area contributed by atoms with Crippen LogP contribution < -0.4 is 11.1 Å². The van der Waals surface area contributed by atoms with E-state index < -0.39 is 23.7 Å². The number of benzene rings is 1. The fourth-order valence-corrected chi connectivity index (χ4v) is 1.89. The number of hydrogen-bond donors (Lipinski definition) is 2. The Labute approximate surface area is 125 Å². The lowest BCUT2D eigenvalue weighted by molar-refractivity contribution is -0.141. The van der Waals surface area contributed by atoms with Crippen LogP contribution in [0.4, 0.5) is 10.2 Å². The van der Waals surface area contributed by atoms with E-state index in [0.717, 1.165) is 0 Å². The Morgan fingerprint density at radius 2 is 2.05 bits per heavy atom. The first kappa shape index (κ1) is 15.5. The zero-order chi connectivity index (χ0) is 16.1. The molecule has 1 heterocycles. The summed E-state index contributed by atoms with van der Waals surface area (Å²) in [7, 11) is 1.26. The molecule has 0 spiro atoms. The average molecular weight is 306 g/mol. The molecule has 1 amide bonds. The van der Waals surface area contributed by atoms with Crippen molar-refractivity contribution in [1.29, 1.82) is 0 Å². The number of amides is 1. The zero-order valence-corrected chi connectivity index (χ0v) is 11.8. The van der Waals surface area contributed by atoms with Gasteiger partial charge in [0.2, 0.25) is 5.91 Å². The topological polar surface area (TPSA) is 99.2 Å². The van der Waals surface area contributed by atoms with Gasteiger partial charge >= 0.3 is 5.97 Å². The lowest BCUT2D eigenvalue weighted by Gasteiger charge is -2.16. The molecule has 1 aromatic heterocycles. The molecule has 0 unspecified atom stereocenters. The fourth-order valence-electron chi connectivity index (χ4n) is 1.89. The first-order valence-corrected chi connectivity index (χ1v) is 6.41. The van der Waals surface area contributed by atoms with Crippen LogP contribution >= 0.6 is 0 Å². The average Bonchev–Trinajstić information content (AvgIpc) is 2.91. The monoisotopic (exact) mass is 306 g/mol. The van der Waals surface area contributed by atoms with Gasteiger partial charge in [0, 0.05) is 12.3 Å². The van der Waals surface area contributed by atoms with Gasteiger partial charge in [0.15, 0.2) is 6.04 Å². The molecule has 1 atom stereocenters. The number of carbonyl (C=O) groups is 2. The molecule has 1 aromatic carbocycles. The number of nitrogens with two attached hydrogens (primary N) is 1. The van der Waals surface area contributed by atoms with Crippen LogP contribution in [0.1, 0.15) is 11.6 Å². The summed E-state index contributed by atoms with van der Waals surface area (Å²) >= 11 is 0. The van der Waals surface area contributed by atoms with Gasteiger partial charge in [0.05, 0.1) is 7.11 Å². The van der Waals surface area contributed by atoms with Gasteiger partial charge in [-0.15, -0.1) is 0 Å². The molecular weight excluding hydrogens is 291 g/mol. The van der Waals surface area contributed by atoms with Crippen LogP contribution in [0.15, 0.2) is 36.5 Å². The molecule has 0 saturated heterocycles. The number of nitrogens with one attached hydrogen (secondary N) is 1.